The van der Waals surface area contributed by atoms with Crippen LogP contribution < -0.4 is 4.74 Å². The molecule has 0 fully saturated rings. The van der Waals surface area contributed by atoms with Gasteiger partial charge in [-0.25, -0.2) is 15.0 Å². The summed E-state index contributed by atoms with van der Waals surface area (Å²) < 4.78 is 6.75. The summed E-state index contributed by atoms with van der Waals surface area (Å²) in [7, 11) is 0. The van der Waals surface area contributed by atoms with Crippen molar-refractivity contribution in [2.75, 3.05) is 0 Å². The van der Waals surface area contributed by atoms with Crippen LogP contribution in [0.3, 0.4) is 0 Å². The van der Waals surface area contributed by atoms with Crippen molar-refractivity contribution in [3.8, 4) is 56.3 Å². The number of aromatic nitrogens is 3. The zero-order valence-electron chi connectivity index (χ0n) is 34.1. The van der Waals surface area contributed by atoms with Gasteiger partial charge in [-0.3, -0.25) is 0 Å². The second-order valence-electron chi connectivity index (χ2n) is 16.5. The molecule has 1 unspecified atom stereocenters. The van der Waals surface area contributed by atoms with Crippen molar-refractivity contribution in [1.29, 1.82) is 0 Å². The van der Waals surface area contributed by atoms with Crippen LogP contribution >= 0.6 is 0 Å². The molecule has 1 atom stereocenters. The first-order valence-electron chi connectivity index (χ1n) is 21.6. The van der Waals surface area contributed by atoms with Crippen LogP contribution in [0.15, 0.2) is 206 Å². The Morgan fingerprint density at radius 1 is 0.500 bits per heavy atom. The molecular weight excluding hydrogens is 755 g/mol. The fourth-order valence-electron chi connectivity index (χ4n) is 10.0. The second kappa shape index (κ2) is 14.8. The third-order valence-electron chi connectivity index (χ3n) is 13.0. The standard InChI is InChI=1S/C58H41N3O/c1-4-16-38(17-5-1)44-34-45(39-18-6-2-7-19-39)36-46(35-44)40-28-30-42(31-29-40)56-59-55(41-20-8-3-9-21-41)60-57(61-56)43-32-33-54-52(37-43)58(51-26-14-15-27-53(51)62-54)49-24-12-10-22-47(49)48-23-11-13-25-50(48)58/h1-8,10-20,22-30,32-37,42H,9,21,31H2. The molecule has 2 heterocycles. The molecule has 1 aromatic heterocycles. The monoisotopic (exact) mass is 795 g/mol. The Bertz CT molecular complexity index is 3090. The summed E-state index contributed by atoms with van der Waals surface area (Å²) in [6.45, 7) is 0. The first kappa shape index (κ1) is 36.2. The third kappa shape index (κ3) is 5.94. The van der Waals surface area contributed by atoms with Gasteiger partial charge in [-0.2, -0.15) is 0 Å². The number of rotatable bonds is 6. The fourth-order valence-corrected chi connectivity index (χ4v) is 10.0. The van der Waals surface area contributed by atoms with Gasteiger partial charge in [0.05, 0.1) is 5.41 Å². The number of hydrogen-bond acceptors (Lipinski definition) is 4. The summed E-state index contributed by atoms with van der Waals surface area (Å²) in [4.78, 5) is 15.8. The lowest BCUT2D eigenvalue weighted by molar-refractivity contribution is 0.436. The molecule has 7 aromatic carbocycles. The highest BCUT2D eigenvalue weighted by atomic mass is 16.5. The molecule has 0 saturated heterocycles. The van der Waals surface area contributed by atoms with Crippen LogP contribution in [0.2, 0.25) is 0 Å². The van der Waals surface area contributed by atoms with E-state index >= 15 is 0 Å². The van der Waals surface area contributed by atoms with Crippen LogP contribution in [0.5, 0.6) is 11.5 Å². The number of allylic oxidation sites excluding steroid dienone is 8. The zero-order chi connectivity index (χ0) is 41.0. The number of benzene rings is 7. The Morgan fingerprint density at radius 2 is 1.11 bits per heavy atom. The van der Waals surface area contributed by atoms with Crippen molar-refractivity contribution >= 4 is 11.1 Å². The maximum absolute atomic E-state index is 6.75. The van der Waals surface area contributed by atoms with E-state index in [-0.39, 0.29) is 5.92 Å². The molecule has 0 radical (unpaired) electrons. The maximum Gasteiger partial charge on any atom is 0.163 e. The molecule has 12 rings (SSSR count). The van der Waals surface area contributed by atoms with Gasteiger partial charge in [0, 0.05) is 22.6 Å². The van der Waals surface area contributed by atoms with Gasteiger partial charge in [0.25, 0.3) is 0 Å². The average Bonchev–Trinajstić information content (AvgIpc) is 3.65. The smallest absolute Gasteiger partial charge is 0.163 e. The molecule has 0 bridgehead atoms. The number of nitrogens with zero attached hydrogens (tertiary/aromatic N) is 3. The highest BCUT2D eigenvalue weighted by Gasteiger charge is 2.51. The normalized spacial score (nSPS) is 16.4. The minimum absolute atomic E-state index is 0.0161. The van der Waals surface area contributed by atoms with E-state index in [1.54, 1.807) is 0 Å². The molecule has 0 N–H and O–H groups in total. The van der Waals surface area contributed by atoms with E-state index in [9.17, 15) is 0 Å². The van der Waals surface area contributed by atoms with Crippen molar-refractivity contribution < 1.29 is 4.74 Å². The van der Waals surface area contributed by atoms with Crippen LogP contribution in [-0.4, -0.2) is 15.0 Å². The minimum atomic E-state index is -0.575. The second-order valence-corrected chi connectivity index (χ2v) is 16.5. The van der Waals surface area contributed by atoms with Gasteiger partial charge >= 0.3 is 0 Å². The number of hydrogen-bond donors (Lipinski definition) is 0. The summed E-state index contributed by atoms with van der Waals surface area (Å²) in [5, 5.41) is 0. The molecule has 4 aliphatic rings. The van der Waals surface area contributed by atoms with Gasteiger partial charge < -0.3 is 4.74 Å². The lowest BCUT2D eigenvalue weighted by Gasteiger charge is -2.39. The molecule has 8 aromatic rings. The summed E-state index contributed by atoms with van der Waals surface area (Å²) in [5.74, 6) is 3.89. The molecule has 4 heteroatoms. The highest BCUT2D eigenvalue weighted by Crippen LogP contribution is 2.62. The predicted octanol–water partition coefficient (Wildman–Crippen LogP) is 14.2. The Kier molecular flexibility index (Phi) is 8.63. The van der Waals surface area contributed by atoms with E-state index in [4.69, 9.17) is 19.7 Å². The average molecular weight is 796 g/mol. The Morgan fingerprint density at radius 3 is 1.77 bits per heavy atom. The lowest BCUT2D eigenvalue weighted by atomic mass is 9.66. The number of ether oxygens (including phenoxy) is 1. The van der Waals surface area contributed by atoms with E-state index in [1.807, 2.05) is 0 Å². The third-order valence-corrected chi connectivity index (χ3v) is 13.0. The van der Waals surface area contributed by atoms with Gasteiger partial charge in [-0.15, -0.1) is 0 Å². The molecular formula is C58H41N3O. The summed E-state index contributed by atoms with van der Waals surface area (Å²) in [6.07, 6.45) is 16.0. The van der Waals surface area contributed by atoms with Gasteiger partial charge in [0.2, 0.25) is 0 Å². The molecule has 0 amide bonds. The topological polar surface area (TPSA) is 47.9 Å². The van der Waals surface area contributed by atoms with Crippen LogP contribution in [0, 0.1) is 0 Å². The molecule has 3 aliphatic carbocycles. The van der Waals surface area contributed by atoms with E-state index < -0.39 is 5.41 Å². The maximum atomic E-state index is 6.75. The quantitative estimate of drug-likeness (QED) is 0.168. The van der Waals surface area contributed by atoms with E-state index in [0.29, 0.717) is 5.82 Å². The van der Waals surface area contributed by atoms with Crippen molar-refractivity contribution in [2.45, 2.75) is 30.6 Å². The minimum Gasteiger partial charge on any atom is -0.457 e. The Hall–Kier alpha value is -7.69. The summed E-state index contributed by atoms with van der Waals surface area (Å²) in [6, 6.07) is 60.9. The Labute approximate surface area is 362 Å². The van der Waals surface area contributed by atoms with Gasteiger partial charge in [0.15, 0.2) is 11.6 Å². The summed E-state index contributed by atoms with van der Waals surface area (Å²) in [5.41, 5.74) is 15.9. The zero-order valence-corrected chi connectivity index (χ0v) is 34.1. The molecule has 4 nitrogen and oxygen atoms in total. The van der Waals surface area contributed by atoms with Crippen molar-refractivity contribution in [3.63, 3.8) is 0 Å². The van der Waals surface area contributed by atoms with Crippen LogP contribution in [0.25, 0.3) is 55.9 Å². The Balaban J connectivity index is 0.963. The fraction of sp³-hybridized carbons (Fsp3) is 0.0862. The van der Waals surface area contributed by atoms with Crippen molar-refractivity contribution in [3.05, 3.63) is 246 Å². The first-order chi connectivity index (χ1) is 30.7. The lowest BCUT2D eigenvalue weighted by Crippen LogP contribution is -2.32. The highest BCUT2D eigenvalue weighted by molar-refractivity contribution is 5.89. The molecule has 0 saturated carbocycles. The summed E-state index contributed by atoms with van der Waals surface area (Å²) >= 11 is 0. The van der Waals surface area contributed by atoms with Crippen molar-refractivity contribution in [1.82, 2.24) is 15.0 Å². The van der Waals surface area contributed by atoms with Crippen LogP contribution in [-0.2, 0) is 5.41 Å². The molecule has 1 aliphatic heterocycles. The predicted molar refractivity (Wildman–Crippen MR) is 251 cm³/mol. The van der Waals surface area contributed by atoms with Gasteiger partial charge in [-0.1, -0.05) is 164 Å². The van der Waals surface area contributed by atoms with Gasteiger partial charge in [-0.05, 0) is 123 Å². The van der Waals surface area contributed by atoms with Gasteiger partial charge in [0.1, 0.15) is 17.3 Å². The van der Waals surface area contributed by atoms with Crippen LogP contribution in [0.4, 0.5) is 0 Å². The molecule has 294 valence electrons. The van der Waals surface area contributed by atoms with E-state index in [1.165, 1.54) is 55.6 Å². The number of fused-ring (bicyclic) bond motifs is 9. The van der Waals surface area contributed by atoms with Crippen LogP contribution in [0.1, 0.15) is 64.6 Å². The van der Waals surface area contributed by atoms with E-state index in [2.05, 4.69) is 206 Å². The molecule has 62 heavy (non-hydrogen) atoms. The largest absolute Gasteiger partial charge is 0.457 e. The SMILES string of the molecule is C1=CCCC(c2nc(-c3ccc4c(c3)C3(c5ccccc5O4)c4ccccc4-c4ccccc43)nc(C3C=CC(c4cc(-c5ccccc5)cc(-c5ccccc5)c4)=CC3)n2)=C1. The number of para-hydroxylation sites is 1. The van der Waals surface area contributed by atoms with Crippen molar-refractivity contribution in [2.24, 2.45) is 0 Å². The van der Waals surface area contributed by atoms with E-state index in [0.717, 1.165) is 64.7 Å². The molecule has 1 spiro atoms. The first-order valence-corrected chi connectivity index (χ1v) is 21.6.